The van der Waals surface area contributed by atoms with E-state index in [0.717, 1.165) is 54.6 Å². The molecule has 2 aliphatic heterocycles. The number of hydrogen-bond donors (Lipinski definition) is 0. The number of anilines is 2. The fourth-order valence-electron chi connectivity index (χ4n) is 4.32. The number of rotatable bonds is 7. The lowest BCUT2D eigenvalue weighted by atomic mass is 10.1. The number of unbranched alkanes of at least 4 members (excludes halogenated alkanes) is 1. The van der Waals surface area contributed by atoms with Crippen molar-refractivity contribution < 1.29 is 13.2 Å². The third-order valence-corrected chi connectivity index (χ3v) is 7.23. The van der Waals surface area contributed by atoms with Gasteiger partial charge in [0.1, 0.15) is 0 Å². The molecule has 0 saturated carbocycles. The fourth-order valence-corrected chi connectivity index (χ4v) is 5.39. The largest absolute Gasteiger partial charge is 0.416 e. The van der Waals surface area contributed by atoms with Crippen molar-refractivity contribution in [1.82, 2.24) is 9.80 Å². The number of fused-ring (bicyclic) bond motifs is 2. The Morgan fingerprint density at radius 3 is 2.13 bits per heavy atom. The van der Waals surface area contributed by atoms with Gasteiger partial charge in [0.25, 0.3) is 0 Å². The van der Waals surface area contributed by atoms with Crippen molar-refractivity contribution in [2.45, 2.75) is 42.2 Å². The smallest absolute Gasteiger partial charge is 0.340 e. The van der Waals surface area contributed by atoms with Crippen LogP contribution in [0.5, 0.6) is 0 Å². The van der Waals surface area contributed by atoms with Crippen LogP contribution in [0, 0.1) is 0 Å². The van der Waals surface area contributed by atoms with E-state index in [1.807, 2.05) is 24.3 Å². The van der Waals surface area contributed by atoms with Gasteiger partial charge in [-0.25, -0.2) is 0 Å². The molecule has 31 heavy (non-hydrogen) atoms. The first-order valence-corrected chi connectivity index (χ1v) is 12.0. The van der Waals surface area contributed by atoms with E-state index in [1.165, 1.54) is 31.5 Å². The minimum absolute atomic E-state index is 0.584. The normalized spacial score (nSPS) is 17.5. The quantitative estimate of drug-likeness (QED) is 0.504. The van der Waals surface area contributed by atoms with Crippen molar-refractivity contribution in [2.24, 2.45) is 0 Å². The predicted molar refractivity (Wildman–Crippen MR) is 121 cm³/mol. The van der Waals surface area contributed by atoms with E-state index in [9.17, 15) is 13.2 Å². The van der Waals surface area contributed by atoms with Gasteiger partial charge >= 0.3 is 6.18 Å². The first-order chi connectivity index (χ1) is 15.0. The van der Waals surface area contributed by atoms with Crippen LogP contribution in [-0.2, 0) is 6.18 Å². The van der Waals surface area contributed by atoms with Crippen molar-refractivity contribution in [2.75, 3.05) is 50.7 Å². The van der Waals surface area contributed by atoms with Gasteiger partial charge in [0.2, 0.25) is 0 Å². The van der Waals surface area contributed by atoms with Gasteiger partial charge in [0.05, 0.1) is 16.9 Å². The Hall–Kier alpha value is -1.70. The summed E-state index contributed by atoms with van der Waals surface area (Å²) in [4.78, 5) is 9.08. The summed E-state index contributed by atoms with van der Waals surface area (Å²) in [5, 5.41) is 0. The molecule has 2 aromatic carbocycles. The Labute approximate surface area is 187 Å². The highest BCUT2D eigenvalue weighted by atomic mass is 32.2. The molecule has 0 atom stereocenters. The van der Waals surface area contributed by atoms with Gasteiger partial charge in [-0.05, 0) is 56.3 Å². The lowest BCUT2D eigenvalue weighted by molar-refractivity contribution is -0.137. The molecule has 2 heterocycles. The van der Waals surface area contributed by atoms with E-state index in [-0.39, 0.29) is 0 Å². The Kier molecular flexibility index (Phi) is 7.14. The Morgan fingerprint density at radius 1 is 0.806 bits per heavy atom. The number of para-hydroxylation sites is 1. The zero-order chi connectivity index (χ0) is 21.8. The highest BCUT2D eigenvalue weighted by molar-refractivity contribution is 7.99. The average Bonchev–Trinajstić information content (AvgIpc) is 2.77. The van der Waals surface area contributed by atoms with Crippen LogP contribution in [-0.4, -0.2) is 55.6 Å². The highest BCUT2D eigenvalue weighted by Gasteiger charge is 2.33. The zero-order valence-corrected chi connectivity index (χ0v) is 18.8. The summed E-state index contributed by atoms with van der Waals surface area (Å²) in [6.07, 6.45) is -0.928. The second-order valence-corrected chi connectivity index (χ2v) is 9.38. The van der Waals surface area contributed by atoms with Crippen molar-refractivity contribution >= 4 is 23.1 Å². The first kappa shape index (κ1) is 22.5. The van der Waals surface area contributed by atoms with E-state index >= 15 is 0 Å². The second kappa shape index (κ2) is 9.84. The number of halogens is 3. The molecule has 0 bridgehead atoms. The third kappa shape index (κ3) is 5.38. The van der Waals surface area contributed by atoms with Crippen molar-refractivity contribution in [3.63, 3.8) is 0 Å². The van der Waals surface area contributed by atoms with Gasteiger partial charge in [-0.15, -0.1) is 0 Å². The summed E-state index contributed by atoms with van der Waals surface area (Å²) >= 11 is 1.55. The first-order valence-electron chi connectivity index (χ1n) is 11.2. The predicted octanol–water partition coefficient (Wildman–Crippen LogP) is 6.12. The number of piperazine rings is 1. The Balaban J connectivity index is 1.43. The van der Waals surface area contributed by atoms with E-state index in [1.54, 1.807) is 17.8 Å². The fraction of sp³-hybridized carbons (Fsp3) is 0.500. The van der Waals surface area contributed by atoms with E-state index in [2.05, 4.69) is 21.6 Å². The molecule has 3 nitrogen and oxygen atoms in total. The van der Waals surface area contributed by atoms with E-state index in [0.29, 0.717) is 12.2 Å². The molecule has 1 saturated heterocycles. The summed E-state index contributed by atoms with van der Waals surface area (Å²) in [5.74, 6) is 0. The van der Waals surface area contributed by atoms with Gasteiger partial charge in [-0.3, -0.25) is 0 Å². The molecular formula is C24H30F3N3S. The monoisotopic (exact) mass is 449 g/mol. The lowest BCUT2D eigenvalue weighted by Crippen LogP contribution is -2.47. The number of alkyl halides is 3. The minimum Gasteiger partial charge on any atom is -0.340 e. The molecule has 0 aromatic heterocycles. The van der Waals surface area contributed by atoms with Crippen LogP contribution in [0.1, 0.15) is 31.7 Å². The molecule has 0 radical (unpaired) electrons. The van der Waals surface area contributed by atoms with Crippen LogP contribution < -0.4 is 4.90 Å². The second-order valence-electron chi connectivity index (χ2n) is 8.29. The maximum absolute atomic E-state index is 13.3. The molecule has 2 aromatic rings. The lowest BCUT2D eigenvalue weighted by Gasteiger charge is -2.36. The molecule has 1 fully saturated rings. The van der Waals surface area contributed by atoms with Crippen molar-refractivity contribution in [3.05, 3.63) is 48.0 Å². The van der Waals surface area contributed by atoms with Crippen LogP contribution in [0.15, 0.2) is 52.3 Å². The molecule has 0 amide bonds. The topological polar surface area (TPSA) is 9.72 Å². The summed E-state index contributed by atoms with van der Waals surface area (Å²) in [7, 11) is 0. The third-order valence-electron chi connectivity index (χ3n) is 6.10. The van der Waals surface area contributed by atoms with Crippen LogP contribution >= 0.6 is 11.8 Å². The van der Waals surface area contributed by atoms with Crippen LogP contribution in [0.3, 0.4) is 0 Å². The van der Waals surface area contributed by atoms with Crippen LogP contribution in [0.2, 0.25) is 0 Å². The van der Waals surface area contributed by atoms with Gasteiger partial charge in [-0.1, -0.05) is 37.2 Å². The molecule has 168 valence electrons. The molecule has 4 rings (SSSR count). The molecule has 2 aliphatic rings. The van der Waals surface area contributed by atoms with E-state index < -0.39 is 11.7 Å². The standard InChI is InChI=1S/C24H30F3N3S/c1-2-3-11-28-14-16-29(17-15-28)12-6-13-30-20-7-4-5-8-22(20)31-23-10-9-19(18-21(23)30)24(25,26)27/h4-5,7-10,18H,2-3,6,11-17H2,1H3. The number of nitrogens with zero attached hydrogens (tertiary/aromatic N) is 3. The van der Waals surface area contributed by atoms with Gasteiger partial charge < -0.3 is 14.7 Å². The van der Waals surface area contributed by atoms with Crippen LogP contribution in [0.4, 0.5) is 24.5 Å². The van der Waals surface area contributed by atoms with Crippen molar-refractivity contribution in [3.8, 4) is 0 Å². The SMILES string of the molecule is CCCCN1CCN(CCCN2c3ccccc3Sc3ccc(C(F)(F)F)cc32)CC1. The van der Waals surface area contributed by atoms with Gasteiger partial charge in [-0.2, -0.15) is 13.2 Å². The zero-order valence-electron chi connectivity index (χ0n) is 18.0. The summed E-state index contributed by atoms with van der Waals surface area (Å²) < 4.78 is 40.0. The highest BCUT2D eigenvalue weighted by Crippen LogP contribution is 2.49. The number of benzene rings is 2. The maximum atomic E-state index is 13.3. The molecule has 0 unspecified atom stereocenters. The Bertz CT molecular complexity index is 879. The maximum Gasteiger partial charge on any atom is 0.416 e. The molecular weight excluding hydrogens is 419 g/mol. The van der Waals surface area contributed by atoms with Crippen molar-refractivity contribution in [1.29, 1.82) is 0 Å². The number of hydrogen-bond acceptors (Lipinski definition) is 4. The summed E-state index contributed by atoms with van der Waals surface area (Å²) in [5.41, 5.74) is 1.09. The molecule has 0 spiro atoms. The Morgan fingerprint density at radius 2 is 1.45 bits per heavy atom. The molecule has 7 heteroatoms. The molecule has 0 aliphatic carbocycles. The van der Waals surface area contributed by atoms with E-state index in [4.69, 9.17) is 0 Å². The average molecular weight is 450 g/mol. The van der Waals surface area contributed by atoms with Gasteiger partial charge in [0.15, 0.2) is 0 Å². The summed E-state index contributed by atoms with van der Waals surface area (Å²) in [6.45, 7) is 9.47. The van der Waals surface area contributed by atoms with Crippen LogP contribution in [0.25, 0.3) is 0 Å². The van der Waals surface area contributed by atoms with Gasteiger partial charge in [0, 0.05) is 42.5 Å². The minimum atomic E-state index is -4.33. The molecule has 0 N–H and O–H groups in total. The summed E-state index contributed by atoms with van der Waals surface area (Å²) in [6, 6.07) is 12.1.